The second-order valence-electron chi connectivity index (χ2n) is 10.3. The Balaban J connectivity index is 1.28. The quantitative estimate of drug-likeness (QED) is 0.477. The maximum absolute atomic E-state index is 12.3. The molecule has 1 aromatic heterocycles. The van der Waals surface area contributed by atoms with Crippen molar-refractivity contribution in [1.29, 1.82) is 0 Å². The molecule has 0 saturated carbocycles. The molecule has 0 bridgehead atoms. The van der Waals surface area contributed by atoms with Gasteiger partial charge in [0.2, 0.25) is 0 Å². The summed E-state index contributed by atoms with van der Waals surface area (Å²) in [5.74, 6) is 2.05. The lowest BCUT2D eigenvalue weighted by molar-refractivity contribution is 0.0165. The number of carbonyl (C=O) groups excluding carboxylic acids is 1. The van der Waals surface area contributed by atoms with E-state index in [9.17, 15) is 4.79 Å². The average Bonchev–Trinajstić information content (AvgIpc) is 2.83. The number of ether oxygens (including phenoxy) is 2. The van der Waals surface area contributed by atoms with Gasteiger partial charge in [-0.1, -0.05) is 29.8 Å². The Hall–Kier alpha value is -3.35. The maximum atomic E-state index is 12.3. The first kappa shape index (κ1) is 24.8. The molecule has 4 rings (SSSR count). The molecule has 2 aromatic carbocycles. The second-order valence-corrected chi connectivity index (χ2v) is 10.3. The van der Waals surface area contributed by atoms with Gasteiger partial charge in [-0.3, -0.25) is 0 Å². The van der Waals surface area contributed by atoms with Gasteiger partial charge < -0.3 is 19.7 Å². The van der Waals surface area contributed by atoms with Crippen LogP contribution in [0, 0.1) is 12.8 Å². The molecule has 7 heteroatoms. The zero-order chi connectivity index (χ0) is 24.8. The number of likely N-dealkylation sites (tertiary alicyclic amines) is 1. The molecule has 3 aromatic rings. The third-order valence-corrected chi connectivity index (χ3v) is 6.19. The third-order valence-electron chi connectivity index (χ3n) is 6.19. The zero-order valence-electron chi connectivity index (χ0n) is 21.2. The lowest BCUT2D eigenvalue weighted by Crippen LogP contribution is -2.42. The molecule has 1 saturated heterocycles. The van der Waals surface area contributed by atoms with E-state index in [-0.39, 0.29) is 6.09 Å². The molecule has 35 heavy (non-hydrogen) atoms. The number of rotatable bonds is 7. The minimum Gasteiger partial charge on any atom is -0.493 e. The average molecular weight is 477 g/mol. The monoisotopic (exact) mass is 476 g/mol. The van der Waals surface area contributed by atoms with Crippen LogP contribution in [0.15, 0.2) is 48.8 Å². The van der Waals surface area contributed by atoms with Crippen LogP contribution >= 0.6 is 0 Å². The fraction of sp³-hybridized carbons (Fsp3) is 0.464. The van der Waals surface area contributed by atoms with Gasteiger partial charge in [0, 0.05) is 31.1 Å². The molecule has 0 unspecified atom stereocenters. The SMILES string of the molecule is Cc1ccc(CCNc2ncnc3cc(OCC4CCN(C(=O)OC(C)(C)C)CC4)ccc23)cc1. The molecule has 7 nitrogen and oxygen atoms in total. The van der Waals surface area contributed by atoms with Gasteiger partial charge in [-0.15, -0.1) is 0 Å². The van der Waals surface area contributed by atoms with Gasteiger partial charge in [-0.2, -0.15) is 0 Å². The molecular formula is C28H36N4O3. The maximum Gasteiger partial charge on any atom is 0.410 e. The van der Waals surface area contributed by atoms with Crippen molar-refractivity contribution in [2.45, 2.75) is 52.6 Å². The standard InChI is InChI=1S/C28H36N4O3/c1-20-5-7-21(8-6-20)11-14-29-26-24-10-9-23(17-25(24)30-19-31-26)34-18-22-12-15-32(16-13-22)27(33)35-28(2,3)4/h5-10,17,19,22H,11-16,18H2,1-4H3,(H,29,30,31). The first-order valence-corrected chi connectivity index (χ1v) is 12.4. The molecule has 2 heterocycles. The van der Waals surface area contributed by atoms with Gasteiger partial charge in [-0.25, -0.2) is 14.8 Å². The first-order chi connectivity index (χ1) is 16.8. The highest BCUT2D eigenvalue weighted by Gasteiger charge is 2.27. The minimum atomic E-state index is -0.465. The van der Waals surface area contributed by atoms with Crippen LogP contribution in [0.25, 0.3) is 10.9 Å². The van der Waals surface area contributed by atoms with E-state index in [1.54, 1.807) is 11.2 Å². The Kier molecular flexibility index (Phi) is 7.73. The molecule has 0 spiro atoms. The summed E-state index contributed by atoms with van der Waals surface area (Å²) in [4.78, 5) is 22.9. The van der Waals surface area contributed by atoms with Gasteiger partial charge in [0.05, 0.1) is 12.1 Å². The van der Waals surface area contributed by atoms with Crippen molar-refractivity contribution in [2.24, 2.45) is 5.92 Å². The summed E-state index contributed by atoms with van der Waals surface area (Å²) in [6.07, 6.45) is 4.11. The molecule has 1 amide bonds. The fourth-order valence-electron chi connectivity index (χ4n) is 4.17. The van der Waals surface area contributed by atoms with E-state index in [2.05, 4.69) is 46.5 Å². The number of fused-ring (bicyclic) bond motifs is 1. The Morgan fingerprint density at radius 2 is 1.83 bits per heavy atom. The van der Waals surface area contributed by atoms with Gasteiger partial charge in [0.25, 0.3) is 0 Å². The van der Waals surface area contributed by atoms with Crippen LogP contribution in [0.3, 0.4) is 0 Å². The van der Waals surface area contributed by atoms with Crippen LogP contribution in [-0.2, 0) is 11.2 Å². The minimum absolute atomic E-state index is 0.227. The van der Waals surface area contributed by atoms with Gasteiger partial charge >= 0.3 is 6.09 Å². The third kappa shape index (κ3) is 7.07. The number of hydrogen-bond acceptors (Lipinski definition) is 6. The molecule has 0 radical (unpaired) electrons. The number of hydrogen-bond donors (Lipinski definition) is 1. The smallest absolute Gasteiger partial charge is 0.410 e. The van der Waals surface area contributed by atoms with E-state index < -0.39 is 5.60 Å². The number of anilines is 1. The van der Waals surface area contributed by atoms with Crippen molar-refractivity contribution in [2.75, 3.05) is 31.6 Å². The highest BCUT2D eigenvalue weighted by atomic mass is 16.6. The van der Waals surface area contributed by atoms with Gasteiger partial charge in [0.1, 0.15) is 23.5 Å². The van der Waals surface area contributed by atoms with Crippen molar-refractivity contribution in [3.05, 3.63) is 59.9 Å². The predicted octanol–water partition coefficient (Wildman–Crippen LogP) is 5.62. The second kappa shape index (κ2) is 10.9. The Bertz CT molecular complexity index is 1130. The largest absolute Gasteiger partial charge is 0.493 e. The molecule has 1 fully saturated rings. The Morgan fingerprint density at radius 3 is 2.54 bits per heavy atom. The number of amides is 1. The van der Waals surface area contributed by atoms with Crippen LogP contribution in [0.5, 0.6) is 5.75 Å². The zero-order valence-corrected chi connectivity index (χ0v) is 21.2. The highest BCUT2D eigenvalue weighted by Crippen LogP contribution is 2.26. The Morgan fingerprint density at radius 1 is 1.09 bits per heavy atom. The molecule has 186 valence electrons. The van der Waals surface area contributed by atoms with Gasteiger partial charge in [0.15, 0.2) is 0 Å². The lowest BCUT2D eigenvalue weighted by atomic mass is 9.98. The van der Waals surface area contributed by atoms with E-state index >= 15 is 0 Å². The summed E-state index contributed by atoms with van der Waals surface area (Å²) in [6.45, 7) is 10.6. The predicted molar refractivity (Wildman–Crippen MR) is 139 cm³/mol. The number of benzene rings is 2. The summed E-state index contributed by atoms with van der Waals surface area (Å²) in [6, 6.07) is 14.6. The number of piperidine rings is 1. The van der Waals surface area contributed by atoms with E-state index in [0.29, 0.717) is 25.6 Å². The van der Waals surface area contributed by atoms with Crippen molar-refractivity contribution in [1.82, 2.24) is 14.9 Å². The van der Waals surface area contributed by atoms with Crippen LogP contribution in [-0.4, -0.2) is 52.8 Å². The lowest BCUT2D eigenvalue weighted by Gasteiger charge is -2.33. The van der Waals surface area contributed by atoms with Crippen LogP contribution in [0.2, 0.25) is 0 Å². The van der Waals surface area contributed by atoms with Crippen molar-refractivity contribution in [3.8, 4) is 5.75 Å². The normalized spacial score (nSPS) is 14.7. The number of nitrogens with one attached hydrogen (secondary N) is 1. The molecule has 1 N–H and O–H groups in total. The summed E-state index contributed by atoms with van der Waals surface area (Å²) in [7, 11) is 0. The summed E-state index contributed by atoms with van der Waals surface area (Å²) >= 11 is 0. The van der Waals surface area contributed by atoms with Crippen molar-refractivity contribution in [3.63, 3.8) is 0 Å². The molecule has 0 atom stereocenters. The van der Waals surface area contributed by atoms with E-state index in [4.69, 9.17) is 9.47 Å². The summed E-state index contributed by atoms with van der Waals surface area (Å²) in [5, 5.41) is 4.43. The number of carbonyl (C=O) groups is 1. The van der Waals surface area contributed by atoms with E-state index in [1.165, 1.54) is 11.1 Å². The number of aryl methyl sites for hydroxylation is 1. The number of aromatic nitrogens is 2. The molecule has 0 aliphatic carbocycles. The van der Waals surface area contributed by atoms with Gasteiger partial charge in [-0.05, 0) is 70.6 Å². The summed E-state index contributed by atoms with van der Waals surface area (Å²) in [5.41, 5.74) is 2.96. The van der Waals surface area contributed by atoms with Crippen LogP contribution in [0.1, 0.15) is 44.7 Å². The Labute approximate surface area is 207 Å². The topological polar surface area (TPSA) is 76.6 Å². The van der Waals surface area contributed by atoms with Crippen LogP contribution in [0.4, 0.5) is 10.6 Å². The van der Waals surface area contributed by atoms with Crippen LogP contribution < -0.4 is 10.1 Å². The van der Waals surface area contributed by atoms with Crippen molar-refractivity contribution >= 4 is 22.8 Å². The number of nitrogens with zero attached hydrogens (tertiary/aromatic N) is 3. The van der Waals surface area contributed by atoms with E-state index in [0.717, 1.165) is 48.3 Å². The highest BCUT2D eigenvalue weighted by molar-refractivity contribution is 5.89. The van der Waals surface area contributed by atoms with Crippen molar-refractivity contribution < 1.29 is 14.3 Å². The van der Waals surface area contributed by atoms with E-state index in [1.807, 2.05) is 39.0 Å². The molecule has 1 aliphatic rings. The fourth-order valence-corrected chi connectivity index (χ4v) is 4.17. The molecule has 1 aliphatic heterocycles. The molecular weight excluding hydrogens is 440 g/mol. The summed E-state index contributed by atoms with van der Waals surface area (Å²) < 4.78 is 11.6. The first-order valence-electron chi connectivity index (χ1n) is 12.4.